The highest BCUT2D eigenvalue weighted by Crippen LogP contribution is 2.06. The monoisotopic (exact) mass is 272 g/mol. The number of nitrogens with one attached hydrogen (secondary N) is 1. The standard InChI is InChI=1S/C13H28N4O2/c1-10(15-12(18)19-13(2,3)4)9-14-11(16(5)6)17(7)8/h10H,9H2,1-8H3,(H,15,18)/t10-/m0/s1. The number of alkyl carbamates (subject to hydrolysis) is 1. The van der Waals surface area contributed by atoms with Crippen molar-refractivity contribution in [1.82, 2.24) is 15.1 Å². The third-order valence-electron chi connectivity index (χ3n) is 2.07. The molecule has 1 atom stereocenters. The fraction of sp³-hybridized carbons (Fsp3) is 0.846. The van der Waals surface area contributed by atoms with E-state index in [1.807, 2.05) is 65.7 Å². The van der Waals surface area contributed by atoms with Gasteiger partial charge in [0.25, 0.3) is 0 Å². The van der Waals surface area contributed by atoms with Gasteiger partial charge in [0.1, 0.15) is 5.60 Å². The molecule has 0 rings (SSSR count). The van der Waals surface area contributed by atoms with E-state index in [9.17, 15) is 4.79 Å². The molecule has 0 radical (unpaired) electrons. The highest BCUT2D eigenvalue weighted by molar-refractivity contribution is 5.79. The predicted octanol–water partition coefficient (Wildman–Crippen LogP) is 1.38. The third kappa shape index (κ3) is 8.29. The third-order valence-corrected chi connectivity index (χ3v) is 2.07. The Balaban J connectivity index is 4.35. The van der Waals surface area contributed by atoms with Crippen molar-refractivity contribution >= 4 is 12.1 Å². The van der Waals surface area contributed by atoms with Crippen LogP contribution in [0.1, 0.15) is 27.7 Å². The smallest absolute Gasteiger partial charge is 0.407 e. The van der Waals surface area contributed by atoms with Crippen molar-refractivity contribution in [3.05, 3.63) is 0 Å². The molecule has 0 unspecified atom stereocenters. The topological polar surface area (TPSA) is 57.2 Å². The Labute approximate surface area is 116 Å². The quantitative estimate of drug-likeness (QED) is 0.623. The molecule has 0 aromatic heterocycles. The Morgan fingerprint density at radius 2 is 1.68 bits per heavy atom. The van der Waals surface area contributed by atoms with Crippen LogP contribution in [0.5, 0.6) is 0 Å². The number of amides is 1. The maximum Gasteiger partial charge on any atom is 0.407 e. The molecule has 0 aromatic carbocycles. The Kier molecular flexibility index (Phi) is 6.65. The molecular formula is C13H28N4O2. The lowest BCUT2D eigenvalue weighted by molar-refractivity contribution is 0.0510. The number of nitrogens with zero attached hydrogens (tertiary/aromatic N) is 3. The van der Waals surface area contributed by atoms with Gasteiger partial charge in [-0.15, -0.1) is 0 Å². The molecule has 0 saturated carbocycles. The summed E-state index contributed by atoms with van der Waals surface area (Å²) in [5, 5.41) is 2.76. The molecule has 0 heterocycles. The lowest BCUT2D eigenvalue weighted by Gasteiger charge is -2.24. The van der Waals surface area contributed by atoms with E-state index >= 15 is 0 Å². The van der Waals surface area contributed by atoms with Crippen LogP contribution in [0.2, 0.25) is 0 Å². The predicted molar refractivity (Wildman–Crippen MR) is 78.5 cm³/mol. The van der Waals surface area contributed by atoms with E-state index in [2.05, 4.69) is 10.3 Å². The van der Waals surface area contributed by atoms with Gasteiger partial charge in [0.15, 0.2) is 5.96 Å². The van der Waals surface area contributed by atoms with E-state index in [0.717, 1.165) is 5.96 Å². The van der Waals surface area contributed by atoms with E-state index < -0.39 is 11.7 Å². The number of ether oxygens (including phenoxy) is 1. The van der Waals surface area contributed by atoms with E-state index in [1.165, 1.54) is 0 Å². The second-order valence-electron chi connectivity index (χ2n) is 5.98. The molecule has 0 aliphatic heterocycles. The Morgan fingerprint density at radius 1 is 1.21 bits per heavy atom. The molecule has 19 heavy (non-hydrogen) atoms. The van der Waals surface area contributed by atoms with Gasteiger partial charge in [-0.2, -0.15) is 0 Å². The van der Waals surface area contributed by atoms with E-state index in [-0.39, 0.29) is 6.04 Å². The first kappa shape index (κ1) is 17.5. The van der Waals surface area contributed by atoms with Crippen LogP contribution in [0, 0.1) is 0 Å². The Bertz CT molecular complexity index is 309. The van der Waals surface area contributed by atoms with Gasteiger partial charge in [0.2, 0.25) is 0 Å². The fourth-order valence-electron chi connectivity index (χ4n) is 1.46. The molecule has 0 saturated heterocycles. The number of aliphatic imine (C=N–C) groups is 1. The largest absolute Gasteiger partial charge is 0.444 e. The van der Waals surface area contributed by atoms with Crippen molar-refractivity contribution in [3.8, 4) is 0 Å². The summed E-state index contributed by atoms with van der Waals surface area (Å²) >= 11 is 0. The summed E-state index contributed by atoms with van der Waals surface area (Å²) in [5.74, 6) is 0.859. The first-order valence-electron chi connectivity index (χ1n) is 6.41. The number of guanidine groups is 1. The summed E-state index contributed by atoms with van der Waals surface area (Å²) in [4.78, 5) is 19.9. The second-order valence-corrected chi connectivity index (χ2v) is 5.98. The van der Waals surface area contributed by atoms with Crippen LogP contribution in [0.3, 0.4) is 0 Å². The number of carbonyl (C=O) groups excluding carboxylic acids is 1. The maximum absolute atomic E-state index is 11.6. The highest BCUT2D eigenvalue weighted by Gasteiger charge is 2.17. The van der Waals surface area contributed by atoms with Crippen molar-refractivity contribution in [1.29, 1.82) is 0 Å². The van der Waals surface area contributed by atoms with Gasteiger partial charge in [-0.25, -0.2) is 4.79 Å². The Hall–Kier alpha value is -1.46. The summed E-state index contributed by atoms with van der Waals surface area (Å²) in [5.41, 5.74) is -0.481. The van der Waals surface area contributed by atoms with Crippen molar-refractivity contribution in [2.75, 3.05) is 34.7 Å². The average molecular weight is 272 g/mol. The average Bonchev–Trinajstić information content (AvgIpc) is 2.12. The van der Waals surface area contributed by atoms with Gasteiger partial charge < -0.3 is 19.9 Å². The van der Waals surface area contributed by atoms with Crippen LogP contribution in [0.4, 0.5) is 4.79 Å². The van der Waals surface area contributed by atoms with Crippen LogP contribution >= 0.6 is 0 Å². The molecule has 0 aliphatic carbocycles. The zero-order chi connectivity index (χ0) is 15.2. The van der Waals surface area contributed by atoms with Crippen LogP contribution < -0.4 is 5.32 Å². The molecule has 0 bridgehead atoms. The molecule has 112 valence electrons. The highest BCUT2D eigenvalue weighted by atomic mass is 16.6. The van der Waals surface area contributed by atoms with Gasteiger partial charge in [-0.05, 0) is 27.7 Å². The normalized spacial score (nSPS) is 12.4. The van der Waals surface area contributed by atoms with E-state index in [4.69, 9.17) is 4.74 Å². The lowest BCUT2D eigenvalue weighted by Crippen LogP contribution is -2.40. The Morgan fingerprint density at radius 3 is 2.05 bits per heavy atom. The summed E-state index contributed by atoms with van der Waals surface area (Å²) in [6, 6.07) is -0.0789. The number of carbonyl (C=O) groups is 1. The number of rotatable bonds is 3. The molecule has 1 amide bonds. The van der Waals surface area contributed by atoms with Crippen LogP contribution in [0.15, 0.2) is 4.99 Å². The van der Waals surface area contributed by atoms with Crippen LogP contribution in [-0.2, 0) is 4.74 Å². The van der Waals surface area contributed by atoms with E-state index in [0.29, 0.717) is 6.54 Å². The molecule has 0 spiro atoms. The lowest BCUT2D eigenvalue weighted by atomic mass is 10.2. The van der Waals surface area contributed by atoms with Gasteiger partial charge in [0.05, 0.1) is 6.54 Å². The fourth-order valence-corrected chi connectivity index (χ4v) is 1.46. The molecule has 6 heteroatoms. The van der Waals surface area contributed by atoms with Crippen molar-refractivity contribution in [2.45, 2.75) is 39.3 Å². The molecular weight excluding hydrogens is 244 g/mol. The molecule has 1 N–H and O–H groups in total. The zero-order valence-electron chi connectivity index (χ0n) is 13.4. The van der Waals surface area contributed by atoms with Crippen LogP contribution in [0.25, 0.3) is 0 Å². The summed E-state index contributed by atoms with van der Waals surface area (Å²) in [6.45, 7) is 7.92. The first-order valence-corrected chi connectivity index (χ1v) is 6.41. The summed E-state index contributed by atoms with van der Waals surface area (Å²) in [6.07, 6.45) is -0.411. The van der Waals surface area contributed by atoms with Crippen molar-refractivity contribution < 1.29 is 9.53 Å². The van der Waals surface area contributed by atoms with Crippen molar-refractivity contribution in [2.24, 2.45) is 4.99 Å². The minimum atomic E-state index is -0.481. The van der Waals surface area contributed by atoms with Gasteiger partial charge in [0, 0.05) is 34.2 Å². The minimum Gasteiger partial charge on any atom is -0.444 e. The summed E-state index contributed by atoms with van der Waals surface area (Å²) in [7, 11) is 7.74. The zero-order valence-corrected chi connectivity index (χ0v) is 13.4. The van der Waals surface area contributed by atoms with Crippen LogP contribution in [-0.4, -0.2) is 68.2 Å². The second kappa shape index (κ2) is 7.21. The summed E-state index contributed by atoms with van der Waals surface area (Å²) < 4.78 is 5.19. The van der Waals surface area contributed by atoms with Gasteiger partial charge >= 0.3 is 6.09 Å². The molecule has 6 nitrogen and oxygen atoms in total. The first-order chi connectivity index (χ1) is 8.53. The van der Waals surface area contributed by atoms with E-state index in [1.54, 1.807) is 0 Å². The minimum absolute atomic E-state index is 0.0789. The molecule has 0 aromatic rings. The number of hydrogen-bond acceptors (Lipinski definition) is 3. The maximum atomic E-state index is 11.6. The molecule has 0 aliphatic rings. The molecule has 0 fully saturated rings. The van der Waals surface area contributed by atoms with Crippen molar-refractivity contribution in [3.63, 3.8) is 0 Å². The SMILES string of the molecule is C[C@@H](CN=C(N(C)C)N(C)C)NC(=O)OC(C)(C)C. The van der Waals surface area contributed by atoms with Gasteiger partial charge in [-0.1, -0.05) is 0 Å². The van der Waals surface area contributed by atoms with Gasteiger partial charge in [-0.3, -0.25) is 4.99 Å². The number of hydrogen-bond donors (Lipinski definition) is 1.